The molecule has 1 N–H and O–H groups in total. The van der Waals surface area contributed by atoms with Gasteiger partial charge in [-0.3, -0.25) is 4.79 Å². The molecule has 0 bridgehead atoms. The van der Waals surface area contributed by atoms with Gasteiger partial charge in [0, 0.05) is 30.6 Å². The number of amides is 1. The molecular weight excluding hydrogens is 358 g/mol. The third kappa shape index (κ3) is 4.08. The molecule has 0 spiro atoms. The molecule has 0 atom stereocenters. The Hall–Kier alpha value is -2.19. The Morgan fingerprint density at radius 2 is 1.92 bits per heavy atom. The Kier molecular flexibility index (Phi) is 4.91. The van der Waals surface area contributed by atoms with Gasteiger partial charge in [0.2, 0.25) is 0 Å². The zero-order valence-electron chi connectivity index (χ0n) is 14.0. The van der Waals surface area contributed by atoms with E-state index in [9.17, 15) is 13.2 Å². The Balaban J connectivity index is 1.74. The van der Waals surface area contributed by atoms with Crippen LogP contribution < -0.4 is 5.32 Å². The van der Waals surface area contributed by atoms with Crippen molar-refractivity contribution in [3.8, 4) is 0 Å². The standard InChI is InChI=1S/C17H19N3O3S2/c1-12-5-10-15(24-12)17(21)18-13-6-8-14(9-7-13)25(22,23)19-16-4-3-11-20(16)2/h5-10H,3-4,11H2,1-2H3,(H,18,21). The van der Waals surface area contributed by atoms with E-state index in [0.29, 0.717) is 22.8 Å². The normalized spacial score (nSPS) is 16.4. The van der Waals surface area contributed by atoms with Gasteiger partial charge in [-0.05, 0) is 49.7 Å². The Labute approximate surface area is 151 Å². The van der Waals surface area contributed by atoms with E-state index < -0.39 is 10.0 Å². The van der Waals surface area contributed by atoms with E-state index >= 15 is 0 Å². The molecule has 2 heterocycles. The quantitative estimate of drug-likeness (QED) is 0.888. The summed E-state index contributed by atoms with van der Waals surface area (Å²) in [7, 11) is -1.90. The molecule has 0 aliphatic carbocycles. The number of likely N-dealkylation sites (tertiary alicyclic amines) is 1. The zero-order chi connectivity index (χ0) is 18.0. The predicted octanol–water partition coefficient (Wildman–Crippen LogP) is 3.12. The fourth-order valence-electron chi connectivity index (χ4n) is 2.56. The molecule has 0 radical (unpaired) electrons. The van der Waals surface area contributed by atoms with Crippen LogP contribution in [0, 0.1) is 6.92 Å². The summed E-state index contributed by atoms with van der Waals surface area (Å²) in [6.45, 7) is 2.76. The van der Waals surface area contributed by atoms with Crippen molar-refractivity contribution in [2.45, 2.75) is 24.7 Å². The van der Waals surface area contributed by atoms with E-state index in [0.717, 1.165) is 17.8 Å². The lowest BCUT2D eigenvalue weighted by Crippen LogP contribution is -2.20. The Morgan fingerprint density at radius 3 is 2.48 bits per heavy atom. The third-order valence-corrected chi connectivity index (χ3v) is 6.25. The first-order chi connectivity index (χ1) is 11.8. The van der Waals surface area contributed by atoms with Crippen molar-refractivity contribution >= 4 is 38.8 Å². The Morgan fingerprint density at radius 1 is 1.20 bits per heavy atom. The molecule has 1 aliphatic heterocycles. The maximum atomic E-state index is 12.4. The van der Waals surface area contributed by atoms with Crippen LogP contribution in [0.3, 0.4) is 0 Å². The first kappa shape index (κ1) is 17.6. The maximum Gasteiger partial charge on any atom is 0.283 e. The van der Waals surface area contributed by atoms with Gasteiger partial charge in [0.15, 0.2) is 0 Å². The van der Waals surface area contributed by atoms with Crippen LogP contribution in [0.25, 0.3) is 0 Å². The number of hydrogen-bond acceptors (Lipinski definition) is 4. The number of hydrogen-bond donors (Lipinski definition) is 1. The second kappa shape index (κ2) is 6.97. The van der Waals surface area contributed by atoms with Gasteiger partial charge in [-0.2, -0.15) is 8.42 Å². The summed E-state index contributed by atoms with van der Waals surface area (Å²) < 4.78 is 28.7. The zero-order valence-corrected chi connectivity index (χ0v) is 15.7. The van der Waals surface area contributed by atoms with Crippen molar-refractivity contribution in [1.29, 1.82) is 0 Å². The predicted molar refractivity (Wildman–Crippen MR) is 99.9 cm³/mol. The number of thiophene rings is 1. The average molecular weight is 377 g/mol. The van der Waals surface area contributed by atoms with Crippen molar-refractivity contribution in [2.75, 3.05) is 18.9 Å². The number of rotatable bonds is 4. The lowest BCUT2D eigenvalue weighted by atomic mass is 10.3. The van der Waals surface area contributed by atoms with Crippen LogP contribution in [0.4, 0.5) is 5.69 Å². The minimum absolute atomic E-state index is 0.116. The number of anilines is 1. The van der Waals surface area contributed by atoms with Gasteiger partial charge >= 0.3 is 0 Å². The first-order valence-electron chi connectivity index (χ1n) is 7.88. The van der Waals surface area contributed by atoms with Crippen molar-refractivity contribution < 1.29 is 13.2 Å². The van der Waals surface area contributed by atoms with Gasteiger partial charge in [-0.15, -0.1) is 15.7 Å². The second-order valence-electron chi connectivity index (χ2n) is 5.90. The van der Waals surface area contributed by atoms with Crippen molar-refractivity contribution in [1.82, 2.24) is 4.90 Å². The Bertz CT molecular complexity index is 915. The number of amidine groups is 1. The molecule has 2 aromatic rings. The molecule has 1 aromatic carbocycles. The summed E-state index contributed by atoms with van der Waals surface area (Å²) in [5.74, 6) is 0.381. The number of nitrogens with one attached hydrogen (secondary N) is 1. The molecular formula is C17H19N3O3S2. The lowest BCUT2D eigenvalue weighted by molar-refractivity contribution is 0.103. The SMILES string of the molecule is Cc1ccc(C(=O)Nc2ccc(S(=O)(=O)N=C3CCCN3C)cc2)s1. The number of benzene rings is 1. The van der Waals surface area contributed by atoms with Crippen molar-refractivity contribution in [3.05, 3.63) is 46.2 Å². The van der Waals surface area contributed by atoms with Crippen LogP contribution in [-0.4, -0.2) is 38.7 Å². The van der Waals surface area contributed by atoms with Gasteiger partial charge in [-0.1, -0.05) is 0 Å². The summed E-state index contributed by atoms with van der Waals surface area (Å²) >= 11 is 1.41. The number of carbonyl (C=O) groups excluding carboxylic acids is 1. The van der Waals surface area contributed by atoms with Crippen molar-refractivity contribution in [3.63, 3.8) is 0 Å². The van der Waals surface area contributed by atoms with Gasteiger partial charge in [0.25, 0.3) is 15.9 Å². The molecule has 1 aromatic heterocycles. The van der Waals surface area contributed by atoms with Gasteiger partial charge < -0.3 is 10.2 Å². The van der Waals surface area contributed by atoms with Crippen LogP contribution in [0.2, 0.25) is 0 Å². The van der Waals surface area contributed by atoms with E-state index in [1.54, 1.807) is 18.2 Å². The number of carbonyl (C=O) groups is 1. The van der Waals surface area contributed by atoms with E-state index in [1.165, 1.54) is 23.5 Å². The lowest BCUT2D eigenvalue weighted by Gasteiger charge is -2.11. The van der Waals surface area contributed by atoms with Gasteiger partial charge in [0.05, 0.1) is 9.77 Å². The van der Waals surface area contributed by atoms with E-state index in [1.807, 2.05) is 24.9 Å². The summed E-state index contributed by atoms with van der Waals surface area (Å²) in [6, 6.07) is 9.72. The summed E-state index contributed by atoms with van der Waals surface area (Å²) in [6.07, 6.45) is 1.59. The summed E-state index contributed by atoms with van der Waals surface area (Å²) in [5.41, 5.74) is 0.542. The topological polar surface area (TPSA) is 78.8 Å². The number of aryl methyl sites for hydroxylation is 1. The summed E-state index contributed by atoms with van der Waals surface area (Å²) in [5, 5.41) is 2.76. The fraction of sp³-hybridized carbons (Fsp3) is 0.294. The van der Waals surface area contributed by atoms with E-state index in [2.05, 4.69) is 9.71 Å². The number of nitrogens with zero attached hydrogens (tertiary/aromatic N) is 2. The highest BCUT2D eigenvalue weighted by molar-refractivity contribution is 7.90. The molecule has 0 saturated carbocycles. The minimum atomic E-state index is -3.74. The third-order valence-electron chi connectivity index (χ3n) is 3.93. The smallest absolute Gasteiger partial charge is 0.283 e. The maximum absolute atomic E-state index is 12.4. The second-order valence-corrected chi connectivity index (χ2v) is 8.79. The highest BCUT2D eigenvalue weighted by Gasteiger charge is 2.20. The van der Waals surface area contributed by atoms with Crippen LogP contribution >= 0.6 is 11.3 Å². The molecule has 8 heteroatoms. The monoisotopic (exact) mass is 377 g/mol. The van der Waals surface area contributed by atoms with Crippen LogP contribution in [0.1, 0.15) is 27.4 Å². The molecule has 1 amide bonds. The van der Waals surface area contributed by atoms with Crippen LogP contribution in [0.5, 0.6) is 0 Å². The molecule has 1 saturated heterocycles. The van der Waals surface area contributed by atoms with Crippen molar-refractivity contribution in [2.24, 2.45) is 4.40 Å². The molecule has 1 aliphatic rings. The molecule has 132 valence electrons. The summed E-state index contributed by atoms with van der Waals surface area (Å²) in [4.78, 5) is 15.8. The molecule has 3 rings (SSSR count). The fourth-order valence-corrected chi connectivity index (χ4v) is 4.42. The molecule has 6 nitrogen and oxygen atoms in total. The average Bonchev–Trinajstić information content (AvgIpc) is 3.17. The molecule has 1 fully saturated rings. The van der Waals surface area contributed by atoms with E-state index in [4.69, 9.17) is 0 Å². The van der Waals surface area contributed by atoms with Gasteiger partial charge in [-0.25, -0.2) is 0 Å². The van der Waals surface area contributed by atoms with Crippen LogP contribution in [0.15, 0.2) is 45.7 Å². The molecule has 0 unspecified atom stereocenters. The van der Waals surface area contributed by atoms with Crippen LogP contribution in [-0.2, 0) is 10.0 Å². The van der Waals surface area contributed by atoms with E-state index in [-0.39, 0.29) is 10.8 Å². The highest BCUT2D eigenvalue weighted by Crippen LogP contribution is 2.21. The number of sulfonamides is 1. The van der Waals surface area contributed by atoms with Gasteiger partial charge in [0.1, 0.15) is 5.84 Å². The minimum Gasteiger partial charge on any atom is -0.362 e. The first-order valence-corrected chi connectivity index (χ1v) is 10.1. The largest absolute Gasteiger partial charge is 0.362 e. The highest BCUT2D eigenvalue weighted by atomic mass is 32.2. The molecule has 25 heavy (non-hydrogen) atoms.